The van der Waals surface area contributed by atoms with Gasteiger partial charge in [0.25, 0.3) is 0 Å². The van der Waals surface area contributed by atoms with E-state index < -0.39 is 5.41 Å². The van der Waals surface area contributed by atoms with Gasteiger partial charge >= 0.3 is 0 Å². The highest BCUT2D eigenvalue weighted by molar-refractivity contribution is 6.06. The van der Waals surface area contributed by atoms with E-state index in [4.69, 9.17) is 5.73 Å². The zero-order valence-corrected chi connectivity index (χ0v) is 13.9. The van der Waals surface area contributed by atoms with Crippen LogP contribution in [0.15, 0.2) is 5.16 Å². The fourth-order valence-electron chi connectivity index (χ4n) is 3.04. The van der Waals surface area contributed by atoms with Crippen LogP contribution in [-0.2, 0) is 4.79 Å². The number of nitrogens with two attached hydrogens (primary N) is 1. The summed E-state index contributed by atoms with van der Waals surface area (Å²) in [5.74, 6) is 0.727. The molecule has 0 aromatic rings. The Balaban J connectivity index is 3.10. The van der Waals surface area contributed by atoms with Crippen molar-refractivity contribution in [3.8, 4) is 0 Å². The number of rotatable bonds is 9. The van der Waals surface area contributed by atoms with Gasteiger partial charge in [0.05, 0.1) is 0 Å². The molecule has 1 fully saturated rings. The highest BCUT2D eigenvalue weighted by atomic mass is 16.4. The van der Waals surface area contributed by atoms with Crippen LogP contribution in [0.5, 0.6) is 0 Å². The molecule has 0 aliphatic heterocycles. The summed E-state index contributed by atoms with van der Waals surface area (Å²) >= 11 is 0. The number of hydrogen-bond acceptors (Lipinski definition) is 3. The van der Waals surface area contributed by atoms with Crippen molar-refractivity contribution in [3.05, 3.63) is 0 Å². The fraction of sp³-hybridized carbons (Fsp3) is 0.875. The van der Waals surface area contributed by atoms with Crippen LogP contribution in [0.2, 0.25) is 0 Å². The van der Waals surface area contributed by atoms with Gasteiger partial charge in [-0.1, -0.05) is 31.8 Å². The smallest absolute Gasteiger partial charge is 0.236 e. The Morgan fingerprint density at radius 3 is 2.19 bits per heavy atom. The first-order valence-corrected chi connectivity index (χ1v) is 8.22. The van der Waals surface area contributed by atoms with Crippen LogP contribution < -0.4 is 5.73 Å². The third-order valence-corrected chi connectivity index (χ3v) is 4.40. The fourth-order valence-corrected chi connectivity index (χ4v) is 3.04. The Labute approximate surface area is 128 Å². The summed E-state index contributed by atoms with van der Waals surface area (Å²) in [6, 6.07) is 0.137. The molecule has 1 rings (SSSR count). The zero-order chi connectivity index (χ0) is 16.0. The van der Waals surface area contributed by atoms with Crippen molar-refractivity contribution >= 4 is 11.7 Å². The molecule has 0 heterocycles. The Hall–Kier alpha value is -1.26. The quantitative estimate of drug-likeness (QED) is 0.297. The summed E-state index contributed by atoms with van der Waals surface area (Å²) < 4.78 is 0. The van der Waals surface area contributed by atoms with E-state index in [0.29, 0.717) is 18.8 Å². The van der Waals surface area contributed by atoms with Crippen LogP contribution in [0.25, 0.3) is 0 Å². The summed E-state index contributed by atoms with van der Waals surface area (Å²) in [5, 5.41) is 12.4. The number of hydrogen-bond donors (Lipinski definition) is 2. The number of carbonyl (C=O) groups is 1. The maximum atomic E-state index is 13.2. The van der Waals surface area contributed by atoms with Crippen LogP contribution in [-0.4, -0.2) is 34.4 Å². The second-order valence-electron chi connectivity index (χ2n) is 6.56. The van der Waals surface area contributed by atoms with E-state index in [0.717, 1.165) is 19.4 Å². The lowest BCUT2D eigenvalue weighted by Crippen LogP contribution is -2.53. The summed E-state index contributed by atoms with van der Waals surface area (Å²) in [7, 11) is 0. The van der Waals surface area contributed by atoms with E-state index in [1.54, 1.807) is 0 Å². The van der Waals surface area contributed by atoms with Gasteiger partial charge in [-0.2, -0.15) is 0 Å². The molecule has 0 atom stereocenters. The molecule has 1 saturated carbocycles. The molecule has 0 aromatic heterocycles. The van der Waals surface area contributed by atoms with Crippen molar-refractivity contribution in [2.24, 2.45) is 22.2 Å². The Morgan fingerprint density at radius 1 is 1.33 bits per heavy atom. The molecular formula is C16H31N3O2. The van der Waals surface area contributed by atoms with Gasteiger partial charge in [0.15, 0.2) is 5.84 Å². The van der Waals surface area contributed by atoms with Gasteiger partial charge in [0, 0.05) is 12.6 Å². The average molecular weight is 297 g/mol. The summed E-state index contributed by atoms with van der Waals surface area (Å²) in [5.41, 5.74) is 5.11. The molecule has 5 heteroatoms. The SMILES string of the molecule is CCCC(CCC)(C(=O)N(CC1CC1)C(C)C)C(N)=NO. The number of amides is 1. The Morgan fingerprint density at radius 2 is 1.86 bits per heavy atom. The second-order valence-corrected chi connectivity index (χ2v) is 6.56. The second kappa shape index (κ2) is 7.66. The van der Waals surface area contributed by atoms with Crippen LogP contribution in [0.1, 0.15) is 66.2 Å². The van der Waals surface area contributed by atoms with Gasteiger partial charge in [-0.3, -0.25) is 4.79 Å². The third-order valence-electron chi connectivity index (χ3n) is 4.40. The lowest BCUT2D eigenvalue weighted by atomic mass is 9.76. The molecule has 1 amide bonds. The van der Waals surface area contributed by atoms with E-state index in [-0.39, 0.29) is 17.8 Å². The molecule has 5 nitrogen and oxygen atoms in total. The van der Waals surface area contributed by atoms with Crippen LogP contribution >= 0.6 is 0 Å². The van der Waals surface area contributed by atoms with Crippen LogP contribution in [0, 0.1) is 11.3 Å². The maximum Gasteiger partial charge on any atom is 0.236 e. The molecule has 1 aliphatic rings. The van der Waals surface area contributed by atoms with Crippen molar-refractivity contribution in [1.29, 1.82) is 0 Å². The summed E-state index contributed by atoms with van der Waals surface area (Å²) in [6.07, 6.45) is 5.32. The lowest BCUT2D eigenvalue weighted by molar-refractivity contribution is -0.141. The third kappa shape index (κ3) is 4.11. The largest absolute Gasteiger partial charge is 0.409 e. The first-order chi connectivity index (χ1) is 9.92. The lowest BCUT2D eigenvalue weighted by Gasteiger charge is -2.38. The van der Waals surface area contributed by atoms with Crippen molar-refractivity contribution in [2.45, 2.75) is 72.3 Å². The van der Waals surface area contributed by atoms with Gasteiger partial charge in [0.1, 0.15) is 5.41 Å². The monoisotopic (exact) mass is 297 g/mol. The molecule has 0 saturated heterocycles. The van der Waals surface area contributed by atoms with E-state index in [9.17, 15) is 10.0 Å². The van der Waals surface area contributed by atoms with Crippen molar-refractivity contribution in [2.75, 3.05) is 6.54 Å². The van der Waals surface area contributed by atoms with Crippen molar-refractivity contribution < 1.29 is 10.0 Å². The van der Waals surface area contributed by atoms with Crippen molar-refractivity contribution in [3.63, 3.8) is 0 Å². The highest BCUT2D eigenvalue weighted by Crippen LogP contribution is 2.36. The zero-order valence-electron chi connectivity index (χ0n) is 13.9. The number of carbonyl (C=O) groups excluding carboxylic acids is 1. The van der Waals surface area contributed by atoms with Crippen LogP contribution in [0.3, 0.4) is 0 Å². The number of nitrogens with zero attached hydrogens (tertiary/aromatic N) is 2. The summed E-state index contributed by atoms with van der Waals surface area (Å²) in [6.45, 7) is 8.93. The van der Waals surface area contributed by atoms with E-state index in [1.807, 2.05) is 32.6 Å². The van der Waals surface area contributed by atoms with Gasteiger partial charge in [0.2, 0.25) is 5.91 Å². The van der Waals surface area contributed by atoms with Crippen molar-refractivity contribution in [1.82, 2.24) is 4.90 Å². The van der Waals surface area contributed by atoms with E-state index >= 15 is 0 Å². The van der Waals surface area contributed by atoms with Gasteiger partial charge < -0.3 is 15.8 Å². The molecule has 0 aromatic carbocycles. The minimum Gasteiger partial charge on any atom is -0.409 e. The molecule has 0 spiro atoms. The standard InChI is InChI=1S/C16H31N3O2/c1-5-9-16(10-6-2,14(17)18-21)15(20)19(12(3)4)11-13-7-8-13/h12-13,21H,5-11H2,1-4H3,(H2,17,18). The van der Waals surface area contributed by atoms with Gasteiger partial charge in [-0.05, 0) is 45.4 Å². The van der Waals surface area contributed by atoms with Gasteiger partial charge in [-0.15, -0.1) is 0 Å². The predicted molar refractivity (Wildman–Crippen MR) is 85.2 cm³/mol. The van der Waals surface area contributed by atoms with E-state index in [1.165, 1.54) is 12.8 Å². The Kier molecular flexibility index (Phi) is 6.49. The normalized spacial score (nSPS) is 16.3. The highest BCUT2D eigenvalue weighted by Gasteiger charge is 2.45. The molecule has 21 heavy (non-hydrogen) atoms. The minimum atomic E-state index is -0.850. The molecule has 0 bridgehead atoms. The molecule has 3 N–H and O–H groups in total. The first kappa shape index (κ1) is 17.8. The number of amidine groups is 1. The number of oxime groups is 1. The predicted octanol–water partition coefficient (Wildman–Crippen LogP) is 2.97. The summed E-state index contributed by atoms with van der Waals surface area (Å²) in [4.78, 5) is 15.1. The Bertz CT molecular complexity index is 370. The minimum absolute atomic E-state index is 0.0309. The maximum absolute atomic E-state index is 13.2. The molecule has 122 valence electrons. The van der Waals surface area contributed by atoms with Crippen LogP contribution in [0.4, 0.5) is 0 Å². The van der Waals surface area contributed by atoms with E-state index in [2.05, 4.69) is 5.16 Å². The molecule has 1 aliphatic carbocycles. The molecular weight excluding hydrogens is 266 g/mol. The topological polar surface area (TPSA) is 78.9 Å². The van der Waals surface area contributed by atoms with Gasteiger partial charge in [-0.25, -0.2) is 0 Å². The first-order valence-electron chi connectivity index (χ1n) is 8.22. The average Bonchev–Trinajstić information content (AvgIpc) is 3.26. The molecule has 0 unspecified atom stereocenters. The molecule has 0 radical (unpaired) electrons.